The maximum atomic E-state index is 13.0. The lowest BCUT2D eigenvalue weighted by Crippen LogP contribution is -2.51. The average molecular weight is 390 g/mol. The van der Waals surface area contributed by atoms with E-state index in [2.05, 4.69) is 22.0 Å². The number of rotatable bonds is 7. The van der Waals surface area contributed by atoms with Gasteiger partial charge < -0.3 is 10.2 Å². The second kappa shape index (κ2) is 10.4. The summed E-state index contributed by atoms with van der Waals surface area (Å²) in [6.45, 7) is 9.43. The van der Waals surface area contributed by atoms with Gasteiger partial charge in [-0.1, -0.05) is 18.6 Å². The molecule has 0 radical (unpaired) electrons. The van der Waals surface area contributed by atoms with Gasteiger partial charge in [-0.2, -0.15) is 0 Å². The normalized spacial score (nSPS) is 25.4. The van der Waals surface area contributed by atoms with Crippen LogP contribution in [0.15, 0.2) is 24.3 Å². The standard InChI is InChI=1S/C23H36FN3O/c1-18-6-3-4-14-26(18)16-21-7-5-15-27(17-21)19(2)23(28)25-13-12-20-8-10-22(24)11-9-20/h8-11,18-19,21H,3-7,12-17H2,1-2H3,(H,25,28). The van der Waals surface area contributed by atoms with Crippen LogP contribution in [0.4, 0.5) is 4.39 Å². The number of halogens is 1. The first-order valence-corrected chi connectivity index (χ1v) is 11.0. The summed E-state index contributed by atoms with van der Waals surface area (Å²) >= 11 is 0. The Hall–Kier alpha value is -1.46. The quantitative estimate of drug-likeness (QED) is 0.776. The molecule has 2 fully saturated rings. The number of nitrogens with one attached hydrogen (secondary N) is 1. The third-order valence-corrected chi connectivity index (χ3v) is 6.54. The number of carbonyl (C=O) groups is 1. The third-order valence-electron chi connectivity index (χ3n) is 6.54. The first-order valence-electron chi connectivity index (χ1n) is 11.0. The number of nitrogens with zero attached hydrogens (tertiary/aromatic N) is 2. The van der Waals surface area contributed by atoms with Crippen molar-refractivity contribution in [1.82, 2.24) is 15.1 Å². The van der Waals surface area contributed by atoms with Crippen LogP contribution in [0, 0.1) is 11.7 Å². The fraction of sp³-hybridized carbons (Fsp3) is 0.696. The molecule has 1 N–H and O–H groups in total. The molecule has 0 spiro atoms. The highest BCUT2D eigenvalue weighted by Crippen LogP contribution is 2.23. The Morgan fingerprint density at radius 2 is 1.96 bits per heavy atom. The number of benzene rings is 1. The van der Waals surface area contributed by atoms with Gasteiger partial charge in [0.05, 0.1) is 6.04 Å². The van der Waals surface area contributed by atoms with E-state index < -0.39 is 0 Å². The number of piperidine rings is 2. The first-order chi connectivity index (χ1) is 13.5. The van der Waals surface area contributed by atoms with Gasteiger partial charge in [0.1, 0.15) is 5.82 Å². The zero-order chi connectivity index (χ0) is 19.9. The van der Waals surface area contributed by atoms with E-state index in [0.717, 1.165) is 25.1 Å². The summed E-state index contributed by atoms with van der Waals surface area (Å²) in [4.78, 5) is 17.6. The van der Waals surface area contributed by atoms with E-state index >= 15 is 0 Å². The van der Waals surface area contributed by atoms with Gasteiger partial charge in [0.15, 0.2) is 0 Å². The SMILES string of the molecule is CC1CCCCN1CC1CCCN(C(C)C(=O)NCCc2ccc(F)cc2)C1. The Morgan fingerprint density at radius 3 is 2.71 bits per heavy atom. The summed E-state index contributed by atoms with van der Waals surface area (Å²) in [5, 5.41) is 3.06. The number of hydrogen-bond donors (Lipinski definition) is 1. The van der Waals surface area contributed by atoms with Gasteiger partial charge in [-0.3, -0.25) is 9.69 Å². The zero-order valence-electron chi connectivity index (χ0n) is 17.5. The van der Waals surface area contributed by atoms with Crippen LogP contribution in [0.2, 0.25) is 0 Å². The molecular weight excluding hydrogens is 353 g/mol. The lowest BCUT2D eigenvalue weighted by Gasteiger charge is -2.41. The van der Waals surface area contributed by atoms with Crippen LogP contribution >= 0.6 is 0 Å². The Kier molecular flexibility index (Phi) is 7.86. The van der Waals surface area contributed by atoms with Gasteiger partial charge in [-0.25, -0.2) is 4.39 Å². The minimum atomic E-state index is -0.222. The van der Waals surface area contributed by atoms with E-state index in [4.69, 9.17) is 0 Å². The molecule has 3 atom stereocenters. The molecule has 0 aliphatic carbocycles. The molecule has 2 aliphatic heterocycles. The topological polar surface area (TPSA) is 35.6 Å². The van der Waals surface area contributed by atoms with E-state index in [1.54, 1.807) is 12.1 Å². The van der Waals surface area contributed by atoms with E-state index in [1.165, 1.54) is 57.3 Å². The van der Waals surface area contributed by atoms with Crippen molar-refractivity contribution in [3.8, 4) is 0 Å². The van der Waals surface area contributed by atoms with Gasteiger partial charge in [0.25, 0.3) is 0 Å². The van der Waals surface area contributed by atoms with Crippen LogP contribution in [0.25, 0.3) is 0 Å². The Balaban J connectivity index is 1.42. The molecule has 5 heteroatoms. The number of hydrogen-bond acceptors (Lipinski definition) is 3. The van der Waals surface area contributed by atoms with Crippen LogP contribution < -0.4 is 5.32 Å². The van der Waals surface area contributed by atoms with Crippen molar-refractivity contribution in [2.75, 3.05) is 32.7 Å². The number of carbonyl (C=O) groups excluding carboxylic acids is 1. The molecule has 1 aromatic carbocycles. The predicted molar refractivity (Wildman–Crippen MR) is 112 cm³/mol. The maximum Gasteiger partial charge on any atom is 0.237 e. The van der Waals surface area contributed by atoms with Crippen LogP contribution in [0.1, 0.15) is 51.5 Å². The fourth-order valence-corrected chi connectivity index (χ4v) is 4.65. The average Bonchev–Trinajstić information content (AvgIpc) is 2.71. The van der Waals surface area contributed by atoms with Crippen molar-refractivity contribution in [2.45, 2.75) is 64.5 Å². The summed E-state index contributed by atoms with van der Waals surface area (Å²) in [6, 6.07) is 7.11. The third kappa shape index (κ3) is 6.02. The smallest absolute Gasteiger partial charge is 0.237 e. The highest BCUT2D eigenvalue weighted by Gasteiger charge is 2.29. The van der Waals surface area contributed by atoms with Gasteiger partial charge in [-0.05, 0) is 82.7 Å². The Labute approximate surface area is 169 Å². The molecule has 3 unspecified atom stereocenters. The van der Waals surface area contributed by atoms with Crippen molar-refractivity contribution in [2.24, 2.45) is 5.92 Å². The molecule has 0 aromatic heterocycles. The minimum absolute atomic E-state index is 0.0882. The molecule has 4 nitrogen and oxygen atoms in total. The molecule has 2 saturated heterocycles. The summed E-state index contributed by atoms with van der Waals surface area (Å²) in [5.74, 6) is 0.554. The molecule has 2 heterocycles. The molecule has 0 saturated carbocycles. The molecule has 0 bridgehead atoms. The van der Waals surface area contributed by atoms with Crippen molar-refractivity contribution in [3.63, 3.8) is 0 Å². The lowest BCUT2D eigenvalue weighted by atomic mass is 9.94. The molecule has 3 rings (SSSR count). The largest absolute Gasteiger partial charge is 0.354 e. The van der Waals surface area contributed by atoms with Crippen molar-refractivity contribution >= 4 is 5.91 Å². The number of amides is 1. The van der Waals surface area contributed by atoms with Crippen LogP contribution in [-0.4, -0.2) is 60.5 Å². The van der Waals surface area contributed by atoms with E-state index in [-0.39, 0.29) is 17.8 Å². The van der Waals surface area contributed by atoms with Crippen LogP contribution in [-0.2, 0) is 11.2 Å². The molecule has 156 valence electrons. The number of likely N-dealkylation sites (tertiary alicyclic amines) is 2. The van der Waals surface area contributed by atoms with Gasteiger partial charge in [0, 0.05) is 25.7 Å². The van der Waals surface area contributed by atoms with Crippen LogP contribution in [0.5, 0.6) is 0 Å². The Morgan fingerprint density at radius 1 is 1.18 bits per heavy atom. The van der Waals surface area contributed by atoms with Gasteiger partial charge in [0.2, 0.25) is 5.91 Å². The second-order valence-corrected chi connectivity index (χ2v) is 8.69. The summed E-state index contributed by atoms with van der Waals surface area (Å²) < 4.78 is 13.0. The first kappa shape index (κ1) is 21.3. The van der Waals surface area contributed by atoms with Crippen molar-refractivity contribution in [3.05, 3.63) is 35.6 Å². The van der Waals surface area contributed by atoms with E-state index in [1.807, 2.05) is 6.92 Å². The summed E-state index contributed by atoms with van der Waals surface area (Å²) in [6.07, 6.45) is 7.20. The van der Waals surface area contributed by atoms with Crippen LogP contribution in [0.3, 0.4) is 0 Å². The predicted octanol–water partition coefficient (Wildman–Crippen LogP) is 3.46. The molecule has 28 heavy (non-hydrogen) atoms. The highest BCUT2D eigenvalue weighted by atomic mass is 19.1. The monoisotopic (exact) mass is 389 g/mol. The van der Waals surface area contributed by atoms with Gasteiger partial charge >= 0.3 is 0 Å². The van der Waals surface area contributed by atoms with Crippen molar-refractivity contribution < 1.29 is 9.18 Å². The molecular formula is C23H36FN3O. The molecule has 1 amide bonds. The zero-order valence-corrected chi connectivity index (χ0v) is 17.5. The second-order valence-electron chi connectivity index (χ2n) is 8.69. The summed E-state index contributed by atoms with van der Waals surface area (Å²) in [7, 11) is 0. The van der Waals surface area contributed by atoms with Gasteiger partial charge in [-0.15, -0.1) is 0 Å². The molecule has 1 aromatic rings. The fourth-order valence-electron chi connectivity index (χ4n) is 4.65. The maximum absolute atomic E-state index is 13.0. The van der Waals surface area contributed by atoms with E-state index in [0.29, 0.717) is 18.5 Å². The van der Waals surface area contributed by atoms with E-state index in [9.17, 15) is 9.18 Å². The molecule has 2 aliphatic rings. The lowest BCUT2D eigenvalue weighted by molar-refractivity contribution is -0.126. The van der Waals surface area contributed by atoms with Crippen molar-refractivity contribution in [1.29, 1.82) is 0 Å². The minimum Gasteiger partial charge on any atom is -0.354 e. The Bertz CT molecular complexity index is 621. The highest BCUT2D eigenvalue weighted by molar-refractivity contribution is 5.81. The summed E-state index contributed by atoms with van der Waals surface area (Å²) in [5.41, 5.74) is 1.04.